The van der Waals surface area contributed by atoms with Crippen molar-refractivity contribution >= 4 is 0 Å². The van der Waals surface area contributed by atoms with Gasteiger partial charge >= 0.3 is 0 Å². The molecule has 1 atom stereocenters. The number of nitrogens with one attached hydrogen (secondary N) is 1. The van der Waals surface area contributed by atoms with E-state index in [1.54, 1.807) is 0 Å². The van der Waals surface area contributed by atoms with Crippen LogP contribution in [-0.2, 0) is 12.8 Å². The summed E-state index contributed by atoms with van der Waals surface area (Å²) in [6, 6.07) is 7.50. The summed E-state index contributed by atoms with van der Waals surface area (Å²) in [7, 11) is 0. The number of rotatable bonds is 7. The van der Waals surface area contributed by atoms with Crippen molar-refractivity contribution in [1.82, 2.24) is 5.32 Å². The predicted molar refractivity (Wildman–Crippen MR) is 83.4 cm³/mol. The van der Waals surface area contributed by atoms with Gasteiger partial charge in [-0.15, -0.1) is 0 Å². The lowest BCUT2D eigenvalue weighted by Gasteiger charge is -2.34. The van der Waals surface area contributed by atoms with Gasteiger partial charge in [0.2, 0.25) is 0 Å². The van der Waals surface area contributed by atoms with Crippen LogP contribution in [0.3, 0.4) is 0 Å². The number of benzene rings is 1. The van der Waals surface area contributed by atoms with Crippen molar-refractivity contribution in [3.05, 3.63) is 29.3 Å². The highest BCUT2D eigenvalue weighted by Gasteiger charge is 2.26. The van der Waals surface area contributed by atoms with E-state index in [4.69, 9.17) is 4.74 Å². The molecule has 2 nitrogen and oxygen atoms in total. The summed E-state index contributed by atoms with van der Waals surface area (Å²) in [5.41, 5.74) is 2.89. The Morgan fingerprint density at radius 1 is 1.35 bits per heavy atom. The van der Waals surface area contributed by atoms with Gasteiger partial charge in [-0.1, -0.05) is 25.5 Å². The number of hydrogen-bond donors (Lipinski definition) is 1. The molecule has 1 aromatic rings. The van der Waals surface area contributed by atoms with E-state index in [1.807, 2.05) is 0 Å². The van der Waals surface area contributed by atoms with Crippen LogP contribution in [0.25, 0.3) is 0 Å². The van der Waals surface area contributed by atoms with E-state index in [0.717, 1.165) is 30.7 Å². The largest absolute Gasteiger partial charge is 0.493 e. The van der Waals surface area contributed by atoms with Crippen LogP contribution in [0.15, 0.2) is 18.2 Å². The topological polar surface area (TPSA) is 21.3 Å². The highest BCUT2D eigenvalue weighted by Crippen LogP contribution is 2.32. The molecule has 1 N–H and O–H groups in total. The summed E-state index contributed by atoms with van der Waals surface area (Å²) in [6.07, 6.45) is 9.10. The van der Waals surface area contributed by atoms with E-state index >= 15 is 0 Å². The molecule has 0 spiro atoms. The zero-order chi connectivity index (χ0) is 13.8. The zero-order valence-corrected chi connectivity index (χ0v) is 12.7. The molecule has 1 unspecified atom stereocenters. The molecular weight excluding hydrogens is 246 g/mol. The fraction of sp³-hybridized carbons (Fsp3) is 0.667. The third kappa shape index (κ3) is 3.17. The Kier molecular flexibility index (Phi) is 4.62. The molecule has 2 aliphatic rings. The predicted octanol–water partition coefficient (Wildman–Crippen LogP) is 3.72. The number of fused-ring (bicyclic) bond motifs is 1. The SMILES string of the molecule is CCCNC(CCc1ccc2c(c1)CCO2)C1CCC1. The highest BCUT2D eigenvalue weighted by molar-refractivity contribution is 5.39. The van der Waals surface area contributed by atoms with E-state index in [1.165, 1.54) is 56.2 Å². The van der Waals surface area contributed by atoms with Gasteiger partial charge in [0.1, 0.15) is 5.75 Å². The fourth-order valence-corrected chi connectivity index (χ4v) is 3.39. The van der Waals surface area contributed by atoms with E-state index in [-0.39, 0.29) is 0 Å². The van der Waals surface area contributed by atoms with Gasteiger partial charge in [-0.25, -0.2) is 0 Å². The molecule has 1 heterocycles. The van der Waals surface area contributed by atoms with Gasteiger partial charge in [0.05, 0.1) is 6.61 Å². The van der Waals surface area contributed by atoms with Gasteiger partial charge in [0, 0.05) is 12.5 Å². The fourth-order valence-electron chi connectivity index (χ4n) is 3.39. The molecule has 0 amide bonds. The van der Waals surface area contributed by atoms with Gasteiger partial charge in [-0.05, 0) is 61.8 Å². The van der Waals surface area contributed by atoms with Gasteiger partial charge in [0.15, 0.2) is 0 Å². The lowest BCUT2D eigenvalue weighted by atomic mass is 9.77. The average Bonchev–Trinajstić information content (AvgIpc) is 2.87. The summed E-state index contributed by atoms with van der Waals surface area (Å²) in [4.78, 5) is 0. The van der Waals surface area contributed by atoms with Crippen LogP contribution in [0.4, 0.5) is 0 Å². The average molecular weight is 273 g/mol. The van der Waals surface area contributed by atoms with Crippen LogP contribution in [0.1, 0.15) is 50.2 Å². The second kappa shape index (κ2) is 6.62. The Morgan fingerprint density at radius 3 is 3.00 bits per heavy atom. The quantitative estimate of drug-likeness (QED) is 0.817. The lowest BCUT2D eigenvalue weighted by molar-refractivity contribution is 0.220. The van der Waals surface area contributed by atoms with Crippen LogP contribution in [-0.4, -0.2) is 19.2 Å². The monoisotopic (exact) mass is 273 g/mol. The third-order valence-corrected chi connectivity index (χ3v) is 4.87. The second-order valence-electron chi connectivity index (χ2n) is 6.33. The van der Waals surface area contributed by atoms with Crippen LogP contribution in [0, 0.1) is 5.92 Å². The number of hydrogen-bond acceptors (Lipinski definition) is 2. The molecule has 2 heteroatoms. The molecule has 1 aliphatic carbocycles. The maximum absolute atomic E-state index is 5.58. The van der Waals surface area contributed by atoms with Crippen molar-refractivity contribution in [1.29, 1.82) is 0 Å². The minimum absolute atomic E-state index is 0.730. The molecule has 0 radical (unpaired) electrons. The Hall–Kier alpha value is -1.02. The first-order valence-electron chi connectivity index (χ1n) is 8.35. The smallest absolute Gasteiger partial charge is 0.122 e. The first-order valence-corrected chi connectivity index (χ1v) is 8.35. The molecule has 0 bridgehead atoms. The minimum Gasteiger partial charge on any atom is -0.493 e. The summed E-state index contributed by atoms with van der Waals surface area (Å²) >= 11 is 0. The Morgan fingerprint density at radius 2 is 2.25 bits per heavy atom. The Bertz CT molecular complexity index is 439. The molecule has 1 fully saturated rings. The van der Waals surface area contributed by atoms with Crippen LogP contribution in [0.5, 0.6) is 5.75 Å². The van der Waals surface area contributed by atoms with Gasteiger partial charge in [-0.3, -0.25) is 0 Å². The number of ether oxygens (including phenoxy) is 1. The van der Waals surface area contributed by atoms with Crippen molar-refractivity contribution in [3.63, 3.8) is 0 Å². The lowest BCUT2D eigenvalue weighted by Crippen LogP contribution is -2.40. The summed E-state index contributed by atoms with van der Waals surface area (Å²) in [5, 5.41) is 3.77. The summed E-state index contributed by atoms with van der Waals surface area (Å²) < 4.78 is 5.58. The van der Waals surface area contributed by atoms with Gasteiger partial charge in [0.25, 0.3) is 0 Å². The van der Waals surface area contributed by atoms with E-state index < -0.39 is 0 Å². The molecule has 110 valence electrons. The molecular formula is C18H27NO. The first-order chi connectivity index (χ1) is 9.86. The summed E-state index contributed by atoms with van der Waals surface area (Å²) in [5.74, 6) is 2.03. The van der Waals surface area contributed by atoms with Crippen molar-refractivity contribution in [2.24, 2.45) is 5.92 Å². The van der Waals surface area contributed by atoms with Crippen molar-refractivity contribution in [2.75, 3.05) is 13.2 Å². The molecule has 0 aromatic heterocycles. The summed E-state index contributed by atoms with van der Waals surface area (Å²) in [6.45, 7) is 4.28. The number of aryl methyl sites for hydroxylation is 1. The van der Waals surface area contributed by atoms with Crippen LogP contribution >= 0.6 is 0 Å². The third-order valence-electron chi connectivity index (χ3n) is 4.87. The molecule has 0 saturated heterocycles. The highest BCUT2D eigenvalue weighted by atomic mass is 16.5. The second-order valence-corrected chi connectivity index (χ2v) is 6.33. The first kappa shape index (κ1) is 13.9. The molecule has 1 saturated carbocycles. The van der Waals surface area contributed by atoms with Crippen molar-refractivity contribution in [2.45, 2.75) is 57.9 Å². The maximum atomic E-state index is 5.58. The Labute approximate surface area is 122 Å². The molecule has 1 aromatic carbocycles. The molecule has 1 aliphatic heterocycles. The van der Waals surface area contributed by atoms with Gasteiger partial charge in [-0.2, -0.15) is 0 Å². The normalized spacial score (nSPS) is 19.2. The molecule has 3 rings (SSSR count). The van der Waals surface area contributed by atoms with Crippen molar-refractivity contribution in [3.8, 4) is 5.75 Å². The minimum atomic E-state index is 0.730. The Balaban J connectivity index is 1.56. The van der Waals surface area contributed by atoms with Crippen LogP contribution in [0.2, 0.25) is 0 Å². The zero-order valence-electron chi connectivity index (χ0n) is 12.7. The van der Waals surface area contributed by atoms with Crippen LogP contribution < -0.4 is 10.1 Å². The standard InChI is InChI=1S/C18H27NO/c1-2-11-19-17(15-4-3-5-15)8-6-14-7-9-18-16(13-14)10-12-20-18/h7,9,13,15,17,19H,2-6,8,10-12H2,1H3. The maximum Gasteiger partial charge on any atom is 0.122 e. The molecule has 20 heavy (non-hydrogen) atoms. The van der Waals surface area contributed by atoms with Crippen molar-refractivity contribution < 1.29 is 4.74 Å². The van der Waals surface area contributed by atoms with E-state index in [0.29, 0.717) is 0 Å². The van der Waals surface area contributed by atoms with Gasteiger partial charge < -0.3 is 10.1 Å². The van der Waals surface area contributed by atoms with E-state index in [2.05, 4.69) is 30.4 Å². The van der Waals surface area contributed by atoms with E-state index in [9.17, 15) is 0 Å².